The normalized spacial score (nSPS) is 21.5. The van der Waals surface area contributed by atoms with Gasteiger partial charge in [0.25, 0.3) is 5.91 Å². The number of carbonyl (C=O) groups excluding carboxylic acids is 1. The molecule has 0 aromatic heterocycles. The molecule has 0 saturated carbocycles. The fraction of sp³-hybridized carbons (Fsp3) is 0.316. The molecule has 2 aromatic rings. The van der Waals surface area contributed by atoms with Gasteiger partial charge in [-0.25, -0.2) is 4.39 Å². The monoisotopic (exact) mass is 329 g/mol. The highest BCUT2D eigenvalue weighted by Crippen LogP contribution is 2.40. The number of ether oxygens (including phenoxy) is 1. The zero-order valence-corrected chi connectivity index (χ0v) is 13.8. The summed E-state index contributed by atoms with van der Waals surface area (Å²) in [6.07, 6.45) is -0.920. The van der Waals surface area contributed by atoms with Gasteiger partial charge in [-0.2, -0.15) is 0 Å². The number of aryl methyl sites for hydroxylation is 1. The molecule has 1 aliphatic heterocycles. The molecule has 0 aliphatic carbocycles. The van der Waals surface area contributed by atoms with Gasteiger partial charge in [0.15, 0.2) is 0 Å². The molecule has 2 N–H and O–H groups in total. The first kappa shape index (κ1) is 16.5. The molecule has 3 rings (SSSR count). The fourth-order valence-electron chi connectivity index (χ4n) is 2.90. The van der Waals surface area contributed by atoms with E-state index in [4.69, 9.17) is 4.74 Å². The van der Waals surface area contributed by atoms with E-state index in [9.17, 15) is 14.3 Å². The van der Waals surface area contributed by atoms with Crippen molar-refractivity contribution in [1.29, 1.82) is 0 Å². The van der Waals surface area contributed by atoms with Crippen molar-refractivity contribution in [2.75, 3.05) is 0 Å². The quantitative estimate of drug-likeness (QED) is 0.890. The molecule has 5 heteroatoms. The van der Waals surface area contributed by atoms with E-state index in [-0.39, 0.29) is 5.91 Å². The lowest BCUT2D eigenvalue weighted by Crippen LogP contribution is -2.53. The number of amides is 1. The molecule has 2 unspecified atom stereocenters. The van der Waals surface area contributed by atoms with Crippen molar-refractivity contribution in [2.45, 2.75) is 38.5 Å². The molecule has 0 spiro atoms. The minimum absolute atomic E-state index is 0.335. The predicted molar refractivity (Wildman–Crippen MR) is 88.5 cm³/mol. The van der Waals surface area contributed by atoms with Crippen LogP contribution in [0, 0.1) is 12.7 Å². The van der Waals surface area contributed by atoms with E-state index in [0.717, 1.165) is 11.1 Å². The lowest BCUT2D eigenvalue weighted by molar-refractivity contribution is -0.0627. The summed E-state index contributed by atoms with van der Waals surface area (Å²) in [6.45, 7) is 5.49. The summed E-state index contributed by atoms with van der Waals surface area (Å²) < 4.78 is 18.9. The van der Waals surface area contributed by atoms with Gasteiger partial charge in [-0.1, -0.05) is 17.7 Å². The van der Waals surface area contributed by atoms with Crippen LogP contribution in [0.5, 0.6) is 5.75 Å². The smallest absolute Gasteiger partial charge is 0.251 e. The Morgan fingerprint density at radius 2 is 1.88 bits per heavy atom. The number of carbonyl (C=O) groups is 1. The largest absolute Gasteiger partial charge is 0.485 e. The van der Waals surface area contributed by atoms with E-state index >= 15 is 0 Å². The topological polar surface area (TPSA) is 58.6 Å². The predicted octanol–water partition coefficient (Wildman–Crippen LogP) is 3.14. The van der Waals surface area contributed by atoms with Crippen molar-refractivity contribution in [3.05, 3.63) is 65.0 Å². The average Bonchev–Trinajstić information content (AvgIpc) is 2.53. The van der Waals surface area contributed by atoms with Crippen molar-refractivity contribution in [3.8, 4) is 5.75 Å². The fourth-order valence-corrected chi connectivity index (χ4v) is 2.90. The second kappa shape index (κ2) is 5.91. The van der Waals surface area contributed by atoms with E-state index in [2.05, 4.69) is 5.32 Å². The number of rotatable bonds is 2. The number of aliphatic hydroxyl groups excluding tert-OH is 1. The maximum absolute atomic E-state index is 13.0. The molecule has 2 aromatic carbocycles. The first-order chi connectivity index (χ1) is 11.3. The number of benzene rings is 2. The van der Waals surface area contributed by atoms with Gasteiger partial charge in [-0.05, 0) is 51.1 Å². The summed E-state index contributed by atoms with van der Waals surface area (Å²) >= 11 is 0. The Kier molecular flexibility index (Phi) is 4.05. The van der Waals surface area contributed by atoms with Crippen LogP contribution in [0.3, 0.4) is 0 Å². The van der Waals surface area contributed by atoms with E-state index in [1.54, 1.807) is 13.8 Å². The number of hydrogen-bond acceptors (Lipinski definition) is 3. The van der Waals surface area contributed by atoms with Gasteiger partial charge in [-0.3, -0.25) is 4.79 Å². The average molecular weight is 329 g/mol. The molecule has 0 fully saturated rings. The molecular formula is C19H20FNO3. The summed E-state index contributed by atoms with van der Waals surface area (Å²) in [7, 11) is 0. The number of halogens is 1. The van der Waals surface area contributed by atoms with Crippen LogP contribution in [-0.2, 0) is 0 Å². The molecule has 0 bridgehead atoms. The number of fused-ring (bicyclic) bond motifs is 1. The minimum Gasteiger partial charge on any atom is -0.485 e. The Morgan fingerprint density at radius 3 is 2.54 bits per heavy atom. The summed E-state index contributed by atoms with van der Waals surface area (Å²) in [5.41, 5.74) is 1.23. The van der Waals surface area contributed by atoms with Gasteiger partial charge in [0.1, 0.15) is 23.3 Å². The maximum atomic E-state index is 13.0. The van der Waals surface area contributed by atoms with Gasteiger partial charge in [0, 0.05) is 11.1 Å². The van der Waals surface area contributed by atoms with E-state index in [1.165, 1.54) is 24.3 Å². The number of aliphatic hydroxyl groups is 1. The van der Waals surface area contributed by atoms with Crippen molar-refractivity contribution < 1.29 is 19.0 Å². The second-order valence-electron chi connectivity index (χ2n) is 6.65. The summed E-state index contributed by atoms with van der Waals surface area (Å²) in [5.74, 6) is -0.135. The molecule has 1 heterocycles. The standard InChI is InChI=1S/C19H20FNO3/c1-11-4-9-15-14(10-11)16(17(22)19(2,3)24-15)21-18(23)12-5-7-13(20)8-6-12/h4-10,16-17,22H,1-3H3,(H,21,23). The molecule has 126 valence electrons. The SMILES string of the molecule is Cc1ccc2c(c1)C(NC(=O)c1ccc(F)cc1)C(O)C(C)(C)O2. The molecule has 1 amide bonds. The molecule has 0 saturated heterocycles. The van der Waals surface area contributed by atoms with Crippen molar-refractivity contribution in [3.63, 3.8) is 0 Å². The van der Waals surface area contributed by atoms with Crippen LogP contribution in [0.2, 0.25) is 0 Å². The van der Waals surface area contributed by atoms with Gasteiger partial charge in [0.05, 0.1) is 6.04 Å². The third kappa shape index (κ3) is 2.99. The van der Waals surface area contributed by atoms with E-state index < -0.39 is 23.6 Å². The van der Waals surface area contributed by atoms with Gasteiger partial charge in [-0.15, -0.1) is 0 Å². The Hall–Kier alpha value is -2.40. The lowest BCUT2D eigenvalue weighted by atomic mass is 9.86. The zero-order valence-electron chi connectivity index (χ0n) is 13.8. The van der Waals surface area contributed by atoms with Crippen molar-refractivity contribution in [2.24, 2.45) is 0 Å². The molecule has 1 aliphatic rings. The third-order valence-electron chi connectivity index (χ3n) is 4.29. The minimum atomic E-state index is -0.920. The summed E-state index contributed by atoms with van der Waals surface area (Å²) in [4.78, 5) is 12.5. The van der Waals surface area contributed by atoms with Crippen LogP contribution < -0.4 is 10.1 Å². The van der Waals surface area contributed by atoms with E-state index in [0.29, 0.717) is 11.3 Å². The molecular weight excluding hydrogens is 309 g/mol. The first-order valence-electron chi connectivity index (χ1n) is 7.82. The Labute approximate surface area is 140 Å². The molecule has 4 nitrogen and oxygen atoms in total. The van der Waals surface area contributed by atoms with E-state index in [1.807, 2.05) is 25.1 Å². The van der Waals surface area contributed by atoms with Crippen LogP contribution in [0.15, 0.2) is 42.5 Å². The first-order valence-corrected chi connectivity index (χ1v) is 7.82. The van der Waals surface area contributed by atoms with Gasteiger partial charge in [0.2, 0.25) is 0 Å². The summed E-state index contributed by atoms with van der Waals surface area (Å²) in [6, 6.07) is 10.3. The number of nitrogens with one attached hydrogen (secondary N) is 1. The Morgan fingerprint density at radius 1 is 1.21 bits per heavy atom. The lowest BCUT2D eigenvalue weighted by Gasteiger charge is -2.42. The van der Waals surface area contributed by atoms with Crippen molar-refractivity contribution in [1.82, 2.24) is 5.32 Å². The van der Waals surface area contributed by atoms with Crippen molar-refractivity contribution >= 4 is 5.91 Å². The third-order valence-corrected chi connectivity index (χ3v) is 4.29. The van der Waals surface area contributed by atoms with Crippen LogP contribution in [0.25, 0.3) is 0 Å². The van der Waals surface area contributed by atoms with Crippen LogP contribution in [0.4, 0.5) is 4.39 Å². The highest BCUT2D eigenvalue weighted by Gasteiger charge is 2.43. The molecule has 0 radical (unpaired) electrons. The zero-order chi connectivity index (χ0) is 17.5. The van der Waals surface area contributed by atoms with Crippen LogP contribution in [0.1, 0.15) is 41.4 Å². The Bertz CT molecular complexity index is 771. The second-order valence-corrected chi connectivity index (χ2v) is 6.65. The highest BCUT2D eigenvalue weighted by molar-refractivity contribution is 5.94. The van der Waals surface area contributed by atoms with Gasteiger partial charge < -0.3 is 15.2 Å². The van der Waals surface area contributed by atoms with Crippen LogP contribution >= 0.6 is 0 Å². The summed E-state index contributed by atoms with van der Waals surface area (Å²) in [5, 5.41) is 13.5. The molecule has 24 heavy (non-hydrogen) atoms. The maximum Gasteiger partial charge on any atom is 0.251 e. The van der Waals surface area contributed by atoms with Gasteiger partial charge >= 0.3 is 0 Å². The Balaban J connectivity index is 1.95. The number of hydrogen-bond donors (Lipinski definition) is 2. The van der Waals surface area contributed by atoms with Crippen LogP contribution in [-0.4, -0.2) is 22.7 Å². The molecule has 2 atom stereocenters. The highest BCUT2D eigenvalue weighted by atomic mass is 19.1.